The first kappa shape index (κ1) is 15.4. The average Bonchev–Trinajstić information content (AvgIpc) is 2.37. The summed E-state index contributed by atoms with van der Waals surface area (Å²) in [5.41, 5.74) is 5.92. The maximum Gasteiger partial charge on any atom is 0.416 e. The van der Waals surface area contributed by atoms with Gasteiger partial charge in [-0.25, -0.2) is 4.39 Å². The molecule has 0 heterocycles. The van der Waals surface area contributed by atoms with Crippen LogP contribution in [0.3, 0.4) is 0 Å². The van der Waals surface area contributed by atoms with Crippen LogP contribution in [0.5, 0.6) is 0 Å². The lowest BCUT2D eigenvalue weighted by molar-refractivity contribution is -0.137. The predicted molar refractivity (Wildman–Crippen MR) is 75.3 cm³/mol. The Hall–Kier alpha value is -1.95. The molecule has 2 rings (SSSR count). The minimum absolute atomic E-state index is 0.137. The molecular formula is C14H11ClF4N2. The van der Waals surface area contributed by atoms with Crippen LogP contribution in [0.1, 0.15) is 11.1 Å². The first-order valence-corrected chi connectivity index (χ1v) is 6.25. The fourth-order valence-electron chi connectivity index (χ4n) is 1.75. The van der Waals surface area contributed by atoms with Crippen molar-refractivity contribution in [3.8, 4) is 0 Å². The first-order chi connectivity index (χ1) is 9.68. The monoisotopic (exact) mass is 318 g/mol. The molecule has 0 atom stereocenters. The molecule has 0 spiro atoms. The molecule has 112 valence electrons. The van der Waals surface area contributed by atoms with Crippen LogP contribution in [0, 0.1) is 12.7 Å². The zero-order valence-electron chi connectivity index (χ0n) is 10.9. The minimum atomic E-state index is -4.46. The van der Waals surface area contributed by atoms with Gasteiger partial charge in [0.2, 0.25) is 0 Å². The highest BCUT2D eigenvalue weighted by molar-refractivity contribution is 6.31. The second-order valence-corrected chi connectivity index (χ2v) is 4.91. The Bertz CT molecular complexity index is 683. The molecule has 7 heteroatoms. The third kappa shape index (κ3) is 3.39. The van der Waals surface area contributed by atoms with Crippen LogP contribution < -0.4 is 11.1 Å². The van der Waals surface area contributed by atoms with Gasteiger partial charge in [-0.15, -0.1) is 0 Å². The molecule has 0 aliphatic carbocycles. The highest BCUT2D eigenvalue weighted by atomic mass is 35.5. The van der Waals surface area contributed by atoms with Gasteiger partial charge in [-0.05, 0) is 30.7 Å². The maximum absolute atomic E-state index is 13.4. The van der Waals surface area contributed by atoms with Crippen molar-refractivity contribution in [2.24, 2.45) is 0 Å². The van der Waals surface area contributed by atoms with Gasteiger partial charge < -0.3 is 11.1 Å². The lowest BCUT2D eigenvalue weighted by Crippen LogP contribution is -2.06. The summed E-state index contributed by atoms with van der Waals surface area (Å²) in [7, 11) is 0. The Balaban J connectivity index is 2.42. The van der Waals surface area contributed by atoms with E-state index < -0.39 is 17.6 Å². The maximum atomic E-state index is 13.4. The van der Waals surface area contributed by atoms with E-state index in [-0.39, 0.29) is 22.1 Å². The van der Waals surface area contributed by atoms with Crippen LogP contribution in [-0.2, 0) is 6.18 Å². The van der Waals surface area contributed by atoms with E-state index in [1.807, 2.05) is 0 Å². The van der Waals surface area contributed by atoms with Crippen LogP contribution in [0.15, 0.2) is 30.3 Å². The van der Waals surface area contributed by atoms with Gasteiger partial charge in [0.25, 0.3) is 0 Å². The average molecular weight is 319 g/mol. The number of aryl methyl sites for hydroxylation is 1. The summed E-state index contributed by atoms with van der Waals surface area (Å²) >= 11 is 5.57. The Morgan fingerprint density at radius 3 is 2.38 bits per heavy atom. The molecule has 0 bridgehead atoms. The van der Waals surface area contributed by atoms with Gasteiger partial charge in [0.15, 0.2) is 0 Å². The highest BCUT2D eigenvalue weighted by Crippen LogP contribution is 2.34. The number of hydrogen-bond donors (Lipinski definition) is 2. The fourth-order valence-corrected chi connectivity index (χ4v) is 1.92. The van der Waals surface area contributed by atoms with Gasteiger partial charge in [0, 0.05) is 11.8 Å². The molecule has 0 amide bonds. The third-order valence-corrected chi connectivity index (χ3v) is 3.22. The number of halogens is 5. The van der Waals surface area contributed by atoms with Crippen molar-refractivity contribution in [3.05, 3.63) is 52.3 Å². The first-order valence-electron chi connectivity index (χ1n) is 5.88. The van der Waals surface area contributed by atoms with E-state index in [4.69, 9.17) is 17.3 Å². The van der Waals surface area contributed by atoms with Gasteiger partial charge in [-0.1, -0.05) is 17.7 Å². The number of nitrogens with one attached hydrogen (secondary N) is 1. The fraction of sp³-hybridized carbons (Fsp3) is 0.143. The van der Waals surface area contributed by atoms with Gasteiger partial charge >= 0.3 is 6.18 Å². The summed E-state index contributed by atoms with van der Waals surface area (Å²) in [6.07, 6.45) is -4.46. The van der Waals surface area contributed by atoms with E-state index in [1.165, 1.54) is 12.1 Å². The van der Waals surface area contributed by atoms with Crippen molar-refractivity contribution in [1.82, 2.24) is 0 Å². The van der Waals surface area contributed by atoms with Gasteiger partial charge in [0.05, 0.1) is 22.0 Å². The van der Waals surface area contributed by atoms with Gasteiger partial charge in [0.1, 0.15) is 5.82 Å². The molecule has 2 nitrogen and oxygen atoms in total. The molecule has 0 radical (unpaired) electrons. The molecule has 0 saturated heterocycles. The van der Waals surface area contributed by atoms with Crippen molar-refractivity contribution >= 4 is 28.7 Å². The Kier molecular flexibility index (Phi) is 4.00. The summed E-state index contributed by atoms with van der Waals surface area (Å²) in [6, 6.07) is 5.49. The summed E-state index contributed by atoms with van der Waals surface area (Å²) in [5.74, 6) is -0.710. The molecule has 0 aliphatic rings. The number of hydrogen-bond acceptors (Lipinski definition) is 2. The smallest absolute Gasteiger partial charge is 0.397 e. The SMILES string of the molecule is Cc1ccc(C(F)(F)F)cc1Nc1cc(F)c(Cl)cc1N. The molecule has 0 aliphatic heterocycles. The highest BCUT2D eigenvalue weighted by Gasteiger charge is 2.30. The van der Waals surface area contributed by atoms with E-state index >= 15 is 0 Å². The van der Waals surface area contributed by atoms with E-state index in [1.54, 1.807) is 6.92 Å². The Morgan fingerprint density at radius 2 is 1.76 bits per heavy atom. The second kappa shape index (κ2) is 5.44. The summed E-state index contributed by atoms with van der Waals surface area (Å²) in [6.45, 7) is 1.63. The quantitative estimate of drug-likeness (QED) is 0.595. The predicted octanol–water partition coefficient (Wildman–Crippen LogP) is 5.13. The van der Waals surface area contributed by atoms with Crippen LogP contribution in [0.25, 0.3) is 0 Å². The van der Waals surface area contributed by atoms with Crippen molar-refractivity contribution in [1.29, 1.82) is 0 Å². The van der Waals surface area contributed by atoms with Crippen LogP contribution in [0.2, 0.25) is 5.02 Å². The molecule has 21 heavy (non-hydrogen) atoms. The van der Waals surface area contributed by atoms with Crippen LogP contribution in [-0.4, -0.2) is 0 Å². The third-order valence-electron chi connectivity index (χ3n) is 2.93. The summed E-state index contributed by atoms with van der Waals surface area (Å²) in [4.78, 5) is 0. The van der Waals surface area contributed by atoms with Gasteiger partial charge in [-0.2, -0.15) is 13.2 Å². The number of anilines is 3. The van der Waals surface area contributed by atoms with Crippen LogP contribution >= 0.6 is 11.6 Å². The van der Waals surface area contributed by atoms with E-state index in [9.17, 15) is 17.6 Å². The number of alkyl halides is 3. The number of benzene rings is 2. The molecule has 0 unspecified atom stereocenters. The molecule has 0 saturated carbocycles. The van der Waals surface area contributed by atoms with E-state index in [0.717, 1.165) is 18.2 Å². The lowest BCUT2D eigenvalue weighted by Gasteiger charge is -2.15. The van der Waals surface area contributed by atoms with E-state index in [2.05, 4.69) is 5.32 Å². The van der Waals surface area contributed by atoms with Crippen molar-refractivity contribution in [2.75, 3.05) is 11.1 Å². The van der Waals surface area contributed by atoms with Crippen molar-refractivity contribution < 1.29 is 17.6 Å². The molecule has 2 aromatic carbocycles. The molecule has 0 fully saturated rings. The molecule has 3 N–H and O–H groups in total. The molecule has 2 aromatic rings. The zero-order chi connectivity index (χ0) is 15.8. The van der Waals surface area contributed by atoms with Crippen molar-refractivity contribution in [2.45, 2.75) is 13.1 Å². The zero-order valence-corrected chi connectivity index (χ0v) is 11.6. The summed E-state index contributed by atoms with van der Waals surface area (Å²) in [5, 5.41) is 2.54. The Morgan fingerprint density at radius 1 is 1.10 bits per heavy atom. The Labute approximate surface area is 123 Å². The van der Waals surface area contributed by atoms with Gasteiger partial charge in [-0.3, -0.25) is 0 Å². The summed E-state index contributed by atoms with van der Waals surface area (Å²) < 4.78 is 51.5. The second-order valence-electron chi connectivity index (χ2n) is 4.51. The topological polar surface area (TPSA) is 38.0 Å². The lowest BCUT2D eigenvalue weighted by atomic mass is 10.1. The largest absolute Gasteiger partial charge is 0.416 e. The molecular weight excluding hydrogens is 308 g/mol. The minimum Gasteiger partial charge on any atom is -0.397 e. The van der Waals surface area contributed by atoms with Crippen molar-refractivity contribution in [3.63, 3.8) is 0 Å². The normalized spacial score (nSPS) is 11.5. The number of nitrogens with two attached hydrogens (primary N) is 1. The van der Waals surface area contributed by atoms with E-state index in [0.29, 0.717) is 5.56 Å². The number of rotatable bonds is 2. The standard InChI is InChI=1S/C14H11ClF4N2/c1-7-2-3-8(14(17,18)19)4-12(7)21-13-6-10(16)9(15)5-11(13)20/h2-6,21H,20H2,1H3. The number of nitrogen functional groups attached to an aromatic ring is 1. The molecule has 0 aromatic heterocycles. The van der Waals surface area contributed by atoms with Crippen LogP contribution in [0.4, 0.5) is 34.6 Å².